The van der Waals surface area contributed by atoms with Gasteiger partial charge in [-0.3, -0.25) is 0 Å². The van der Waals surface area contributed by atoms with Crippen LogP contribution in [0.2, 0.25) is 0 Å². The molecular weight excluding hydrogens is 134 g/mol. The third-order valence-corrected chi connectivity index (χ3v) is 2.18. The molecule has 0 rings (SSSR count). The Labute approximate surface area is 71.1 Å². The van der Waals surface area contributed by atoms with Crippen LogP contribution in [0.15, 0.2) is 12.2 Å². The molecule has 0 aromatic heterocycles. The number of hydrogen-bond acceptors (Lipinski definition) is 1. The molecule has 0 radical (unpaired) electrons. The van der Waals surface area contributed by atoms with E-state index in [1.165, 1.54) is 12.0 Å². The van der Waals surface area contributed by atoms with Crippen LogP contribution in [0.25, 0.3) is 0 Å². The Balaban J connectivity index is 3.84. The van der Waals surface area contributed by atoms with Gasteiger partial charge in [0.25, 0.3) is 0 Å². The van der Waals surface area contributed by atoms with E-state index in [1.54, 1.807) is 0 Å². The second kappa shape index (κ2) is 5.36. The van der Waals surface area contributed by atoms with Gasteiger partial charge >= 0.3 is 0 Å². The molecule has 0 bridgehead atoms. The maximum Gasteiger partial charge on any atom is 0.0126 e. The highest BCUT2D eigenvalue weighted by Crippen LogP contribution is 2.10. The molecular formula is C10H21N. The fraction of sp³-hybridized carbons (Fsp3) is 0.800. The van der Waals surface area contributed by atoms with Crippen molar-refractivity contribution in [2.75, 3.05) is 13.6 Å². The maximum absolute atomic E-state index is 3.93. The van der Waals surface area contributed by atoms with Gasteiger partial charge in [0, 0.05) is 6.04 Å². The zero-order chi connectivity index (χ0) is 8.85. The van der Waals surface area contributed by atoms with E-state index in [9.17, 15) is 0 Å². The van der Waals surface area contributed by atoms with Crippen LogP contribution < -0.4 is 0 Å². The van der Waals surface area contributed by atoms with Crippen LogP contribution >= 0.6 is 0 Å². The topological polar surface area (TPSA) is 3.24 Å². The summed E-state index contributed by atoms with van der Waals surface area (Å²) in [6, 6.07) is 0.692. The second-order valence-corrected chi connectivity index (χ2v) is 3.30. The minimum Gasteiger partial charge on any atom is -0.303 e. The lowest BCUT2D eigenvalue weighted by atomic mass is 10.1. The summed E-state index contributed by atoms with van der Waals surface area (Å²) >= 11 is 0. The summed E-state index contributed by atoms with van der Waals surface area (Å²) in [4.78, 5) is 2.38. The van der Waals surface area contributed by atoms with E-state index < -0.39 is 0 Å². The Bertz CT molecular complexity index is 118. The first-order valence-electron chi connectivity index (χ1n) is 4.46. The predicted octanol–water partition coefficient (Wildman–Crippen LogP) is 2.68. The summed E-state index contributed by atoms with van der Waals surface area (Å²) in [6.07, 6.45) is 2.36. The minimum absolute atomic E-state index is 0.692. The van der Waals surface area contributed by atoms with Crippen molar-refractivity contribution in [1.29, 1.82) is 0 Å². The van der Waals surface area contributed by atoms with E-state index in [0.717, 1.165) is 13.0 Å². The van der Waals surface area contributed by atoms with Gasteiger partial charge in [-0.25, -0.2) is 0 Å². The van der Waals surface area contributed by atoms with E-state index >= 15 is 0 Å². The smallest absolute Gasteiger partial charge is 0.0126 e. The molecule has 0 spiro atoms. The van der Waals surface area contributed by atoms with E-state index in [2.05, 4.69) is 39.3 Å². The summed E-state index contributed by atoms with van der Waals surface area (Å²) in [7, 11) is 2.18. The molecule has 1 atom stereocenters. The number of rotatable bonds is 5. The fourth-order valence-corrected chi connectivity index (χ4v) is 1.27. The van der Waals surface area contributed by atoms with Gasteiger partial charge in [0.1, 0.15) is 0 Å². The normalized spacial score (nSPS) is 13.5. The van der Waals surface area contributed by atoms with E-state index in [0.29, 0.717) is 6.04 Å². The highest BCUT2D eigenvalue weighted by Gasteiger charge is 2.09. The van der Waals surface area contributed by atoms with Crippen molar-refractivity contribution in [2.45, 2.75) is 39.7 Å². The van der Waals surface area contributed by atoms with Crippen molar-refractivity contribution in [3.8, 4) is 0 Å². The third-order valence-electron chi connectivity index (χ3n) is 2.18. The van der Waals surface area contributed by atoms with Gasteiger partial charge in [-0.05, 0) is 33.4 Å². The first-order valence-corrected chi connectivity index (χ1v) is 4.46. The molecule has 0 heterocycles. The van der Waals surface area contributed by atoms with Gasteiger partial charge < -0.3 is 4.90 Å². The van der Waals surface area contributed by atoms with Crippen molar-refractivity contribution in [3.63, 3.8) is 0 Å². The van der Waals surface area contributed by atoms with Gasteiger partial charge in [-0.15, -0.1) is 6.58 Å². The molecule has 0 aliphatic heterocycles. The lowest BCUT2D eigenvalue weighted by molar-refractivity contribution is 0.246. The zero-order valence-electron chi connectivity index (χ0n) is 8.35. The molecule has 0 saturated carbocycles. The van der Waals surface area contributed by atoms with Gasteiger partial charge in [-0.1, -0.05) is 19.4 Å². The van der Waals surface area contributed by atoms with Crippen molar-refractivity contribution < 1.29 is 0 Å². The number of hydrogen-bond donors (Lipinski definition) is 0. The monoisotopic (exact) mass is 155 g/mol. The van der Waals surface area contributed by atoms with Crippen LogP contribution in [-0.4, -0.2) is 24.5 Å². The van der Waals surface area contributed by atoms with Crippen molar-refractivity contribution in [2.24, 2.45) is 0 Å². The molecule has 11 heavy (non-hydrogen) atoms. The molecule has 66 valence electrons. The van der Waals surface area contributed by atoms with Crippen molar-refractivity contribution in [3.05, 3.63) is 12.2 Å². The van der Waals surface area contributed by atoms with Crippen LogP contribution in [-0.2, 0) is 0 Å². The summed E-state index contributed by atoms with van der Waals surface area (Å²) in [5.41, 5.74) is 1.29. The quantitative estimate of drug-likeness (QED) is 0.552. The molecule has 0 aliphatic rings. The van der Waals surface area contributed by atoms with Gasteiger partial charge in [0.2, 0.25) is 0 Å². The van der Waals surface area contributed by atoms with Crippen molar-refractivity contribution >= 4 is 0 Å². The molecule has 0 N–H and O–H groups in total. The van der Waals surface area contributed by atoms with Gasteiger partial charge in [0.15, 0.2) is 0 Å². The Hall–Kier alpha value is -0.300. The molecule has 1 heteroatoms. The molecule has 0 saturated heterocycles. The first-order chi connectivity index (χ1) is 5.11. The van der Waals surface area contributed by atoms with Crippen LogP contribution in [0.5, 0.6) is 0 Å². The molecule has 0 fully saturated rings. The van der Waals surface area contributed by atoms with E-state index in [-0.39, 0.29) is 0 Å². The summed E-state index contributed by atoms with van der Waals surface area (Å²) in [5, 5.41) is 0. The highest BCUT2D eigenvalue weighted by molar-refractivity contribution is 4.92. The zero-order valence-corrected chi connectivity index (χ0v) is 8.35. The van der Waals surface area contributed by atoms with Crippen molar-refractivity contribution in [1.82, 2.24) is 4.90 Å². The average molecular weight is 155 g/mol. The summed E-state index contributed by atoms with van der Waals surface area (Å²) < 4.78 is 0. The summed E-state index contributed by atoms with van der Waals surface area (Å²) in [6.45, 7) is 11.6. The minimum atomic E-state index is 0.692. The maximum atomic E-state index is 3.93. The molecule has 0 aromatic rings. The van der Waals surface area contributed by atoms with E-state index in [4.69, 9.17) is 0 Å². The standard InChI is InChI=1S/C10H21N/c1-6-10(8-9(3)4)11(5)7-2/h10H,3,6-8H2,1-2,4-5H3. The highest BCUT2D eigenvalue weighted by atomic mass is 15.1. The average Bonchev–Trinajstić information content (AvgIpc) is 1.98. The van der Waals surface area contributed by atoms with Crippen LogP contribution in [0.3, 0.4) is 0 Å². The Morgan fingerprint density at radius 3 is 2.27 bits per heavy atom. The van der Waals surface area contributed by atoms with Gasteiger partial charge in [0.05, 0.1) is 0 Å². The summed E-state index contributed by atoms with van der Waals surface area (Å²) in [5.74, 6) is 0. The lowest BCUT2D eigenvalue weighted by Gasteiger charge is -2.25. The largest absolute Gasteiger partial charge is 0.303 e. The predicted molar refractivity (Wildman–Crippen MR) is 51.8 cm³/mol. The lowest BCUT2D eigenvalue weighted by Crippen LogP contribution is -2.30. The molecule has 1 unspecified atom stereocenters. The molecule has 1 nitrogen and oxygen atoms in total. The Kier molecular flexibility index (Phi) is 5.22. The van der Waals surface area contributed by atoms with Crippen LogP contribution in [0.1, 0.15) is 33.6 Å². The Morgan fingerprint density at radius 1 is 1.45 bits per heavy atom. The Morgan fingerprint density at radius 2 is 2.00 bits per heavy atom. The molecule has 0 aromatic carbocycles. The first kappa shape index (κ1) is 10.7. The second-order valence-electron chi connectivity index (χ2n) is 3.30. The van der Waals surface area contributed by atoms with E-state index in [1.807, 2.05) is 0 Å². The number of nitrogens with zero attached hydrogens (tertiary/aromatic N) is 1. The van der Waals surface area contributed by atoms with Gasteiger partial charge in [-0.2, -0.15) is 0 Å². The molecule has 0 amide bonds. The van der Waals surface area contributed by atoms with Crippen LogP contribution in [0, 0.1) is 0 Å². The fourth-order valence-electron chi connectivity index (χ4n) is 1.27. The third kappa shape index (κ3) is 4.20. The van der Waals surface area contributed by atoms with Crippen LogP contribution in [0.4, 0.5) is 0 Å². The molecule has 0 aliphatic carbocycles. The SMILES string of the molecule is C=C(C)CC(CC)N(C)CC.